The minimum Gasteiger partial charge on any atom is -0.507 e. The minimum atomic E-state index is -1.12. The van der Waals surface area contributed by atoms with Gasteiger partial charge in [0.2, 0.25) is 0 Å². The maximum absolute atomic E-state index is 10.7. The lowest BCUT2D eigenvalue weighted by molar-refractivity contribution is 0.0694. The number of anilines is 1. The van der Waals surface area contributed by atoms with Gasteiger partial charge in [-0.3, -0.25) is 0 Å². The van der Waals surface area contributed by atoms with Gasteiger partial charge in [-0.15, -0.1) is 0 Å². The predicted octanol–water partition coefficient (Wildman–Crippen LogP) is 4.13. The molecule has 4 heteroatoms. The van der Waals surface area contributed by atoms with Crippen molar-refractivity contribution in [3.8, 4) is 5.75 Å². The number of benzene rings is 3. The van der Waals surface area contributed by atoms with Crippen molar-refractivity contribution in [1.29, 1.82) is 0 Å². The van der Waals surface area contributed by atoms with Crippen LogP contribution in [0.5, 0.6) is 5.75 Å². The zero-order valence-electron chi connectivity index (χ0n) is 13.1. The zero-order valence-corrected chi connectivity index (χ0v) is 13.1. The lowest BCUT2D eigenvalue weighted by Crippen LogP contribution is -1.96. The highest BCUT2D eigenvalue weighted by molar-refractivity contribution is 5.97. The van der Waals surface area contributed by atoms with E-state index in [0.717, 1.165) is 22.0 Å². The summed E-state index contributed by atoms with van der Waals surface area (Å²) in [4.78, 5) is 10.7. The Balaban J connectivity index is 0.000000185. The van der Waals surface area contributed by atoms with Gasteiger partial charge in [-0.2, -0.15) is 0 Å². The standard InChI is InChI=1S/C11H8O3.C8H11N/c12-10-6-8-4-2-1-3-7(8)5-9(10)11(13)14;1-6-3-4-8(9)7(2)5-6/h1-6,12H,(H,13,14);3-5H,9H2,1-2H3. The molecule has 0 bridgehead atoms. The van der Waals surface area contributed by atoms with Crippen LogP contribution in [0.3, 0.4) is 0 Å². The zero-order chi connectivity index (χ0) is 17.0. The van der Waals surface area contributed by atoms with Crippen LogP contribution in [0.1, 0.15) is 21.5 Å². The Labute approximate surface area is 134 Å². The van der Waals surface area contributed by atoms with E-state index in [1.165, 1.54) is 17.7 Å². The van der Waals surface area contributed by atoms with Crippen molar-refractivity contribution in [2.75, 3.05) is 5.73 Å². The van der Waals surface area contributed by atoms with Crippen LogP contribution in [0.25, 0.3) is 10.8 Å². The Morgan fingerprint density at radius 1 is 0.957 bits per heavy atom. The maximum atomic E-state index is 10.7. The Bertz CT molecular complexity index is 856. The molecule has 0 amide bonds. The Morgan fingerprint density at radius 3 is 2.09 bits per heavy atom. The number of aromatic hydroxyl groups is 1. The number of nitrogens with two attached hydrogens (primary N) is 1. The number of carbonyl (C=O) groups is 1. The van der Waals surface area contributed by atoms with Crippen LogP contribution in [0.4, 0.5) is 5.69 Å². The van der Waals surface area contributed by atoms with Crippen LogP contribution in [0, 0.1) is 13.8 Å². The van der Waals surface area contributed by atoms with Gasteiger partial charge in [0.05, 0.1) is 0 Å². The SMILES string of the molecule is Cc1ccc(N)c(C)c1.O=C(O)c1cc2ccccc2cc1O. The topological polar surface area (TPSA) is 83.6 Å². The molecule has 0 unspecified atom stereocenters. The van der Waals surface area contributed by atoms with Crippen molar-refractivity contribution >= 4 is 22.4 Å². The largest absolute Gasteiger partial charge is 0.507 e. The molecule has 0 aliphatic carbocycles. The summed E-state index contributed by atoms with van der Waals surface area (Å²) < 4.78 is 0. The Hall–Kier alpha value is -3.01. The second-order valence-corrected chi connectivity index (χ2v) is 5.38. The van der Waals surface area contributed by atoms with E-state index in [1.807, 2.05) is 37.3 Å². The number of phenols is 1. The molecule has 0 aliphatic rings. The van der Waals surface area contributed by atoms with Gasteiger partial charge in [0.15, 0.2) is 0 Å². The molecular formula is C19H19NO3. The van der Waals surface area contributed by atoms with Gasteiger partial charge in [0.25, 0.3) is 0 Å². The van der Waals surface area contributed by atoms with Gasteiger partial charge < -0.3 is 15.9 Å². The summed E-state index contributed by atoms with van der Waals surface area (Å²) >= 11 is 0. The number of rotatable bonds is 1. The first-order valence-corrected chi connectivity index (χ1v) is 7.16. The van der Waals surface area contributed by atoms with Gasteiger partial charge in [-0.05, 0) is 48.4 Å². The number of carboxylic acids is 1. The van der Waals surface area contributed by atoms with Gasteiger partial charge in [-0.1, -0.05) is 42.0 Å². The van der Waals surface area contributed by atoms with Crippen molar-refractivity contribution in [3.05, 3.63) is 71.3 Å². The first-order valence-electron chi connectivity index (χ1n) is 7.16. The van der Waals surface area contributed by atoms with Crippen LogP contribution in [-0.2, 0) is 0 Å². The molecule has 3 aromatic rings. The molecule has 0 saturated carbocycles. The fourth-order valence-electron chi connectivity index (χ4n) is 2.23. The fourth-order valence-corrected chi connectivity index (χ4v) is 2.23. The van der Waals surface area contributed by atoms with Gasteiger partial charge in [0, 0.05) is 5.69 Å². The number of nitrogen functional groups attached to an aromatic ring is 1. The number of carboxylic acid groups (broad SMARTS) is 1. The summed E-state index contributed by atoms with van der Waals surface area (Å²) in [6.45, 7) is 4.08. The minimum absolute atomic E-state index is 0.0660. The van der Waals surface area contributed by atoms with Crippen LogP contribution >= 0.6 is 0 Å². The van der Waals surface area contributed by atoms with E-state index in [9.17, 15) is 9.90 Å². The van der Waals surface area contributed by atoms with Crippen LogP contribution < -0.4 is 5.73 Å². The van der Waals surface area contributed by atoms with Crippen LogP contribution in [0.2, 0.25) is 0 Å². The van der Waals surface area contributed by atoms with Crippen LogP contribution in [-0.4, -0.2) is 16.2 Å². The Morgan fingerprint density at radius 2 is 1.57 bits per heavy atom. The van der Waals surface area contributed by atoms with E-state index < -0.39 is 5.97 Å². The van der Waals surface area contributed by atoms with Crippen molar-refractivity contribution in [2.45, 2.75) is 13.8 Å². The summed E-state index contributed by atoms with van der Waals surface area (Å²) in [7, 11) is 0. The lowest BCUT2D eigenvalue weighted by Gasteiger charge is -2.02. The van der Waals surface area contributed by atoms with E-state index in [-0.39, 0.29) is 11.3 Å². The second-order valence-electron chi connectivity index (χ2n) is 5.38. The molecule has 23 heavy (non-hydrogen) atoms. The highest BCUT2D eigenvalue weighted by atomic mass is 16.4. The number of aryl methyl sites for hydroxylation is 2. The fraction of sp³-hybridized carbons (Fsp3) is 0.105. The molecule has 3 rings (SSSR count). The summed E-state index contributed by atoms with van der Waals surface area (Å²) in [5.74, 6) is -1.32. The number of fused-ring (bicyclic) bond motifs is 1. The first kappa shape index (κ1) is 16.4. The van der Waals surface area contributed by atoms with Crippen molar-refractivity contribution in [3.63, 3.8) is 0 Å². The molecule has 0 radical (unpaired) electrons. The van der Waals surface area contributed by atoms with Gasteiger partial charge in [-0.25, -0.2) is 4.79 Å². The molecule has 3 aromatic carbocycles. The molecule has 0 aliphatic heterocycles. The summed E-state index contributed by atoms with van der Waals surface area (Å²) in [6, 6.07) is 16.2. The molecule has 4 N–H and O–H groups in total. The van der Waals surface area contributed by atoms with E-state index >= 15 is 0 Å². The molecule has 118 valence electrons. The summed E-state index contributed by atoms with van der Waals surface area (Å²) in [6.07, 6.45) is 0. The third kappa shape index (κ3) is 4.01. The normalized spacial score (nSPS) is 10.0. The van der Waals surface area contributed by atoms with E-state index in [1.54, 1.807) is 6.07 Å². The molecule has 0 heterocycles. The average Bonchev–Trinajstić information content (AvgIpc) is 2.51. The highest BCUT2D eigenvalue weighted by Gasteiger charge is 2.09. The maximum Gasteiger partial charge on any atom is 0.339 e. The van der Waals surface area contributed by atoms with Crippen LogP contribution in [0.15, 0.2) is 54.6 Å². The third-order valence-electron chi connectivity index (χ3n) is 3.52. The monoisotopic (exact) mass is 309 g/mol. The predicted molar refractivity (Wildman–Crippen MR) is 92.9 cm³/mol. The van der Waals surface area contributed by atoms with E-state index in [0.29, 0.717) is 0 Å². The quantitative estimate of drug-likeness (QED) is 0.590. The molecule has 4 nitrogen and oxygen atoms in total. The van der Waals surface area contributed by atoms with E-state index in [2.05, 4.69) is 13.0 Å². The van der Waals surface area contributed by atoms with Crippen molar-refractivity contribution in [2.24, 2.45) is 0 Å². The number of hydrogen-bond acceptors (Lipinski definition) is 3. The third-order valence-corrected chi connectivity index (χ3v) is 3.52. The highest BCUT2D eigenvalue weighted by Crippen LogP contribution is 2.24. The molecule has 0 atom stereocenters. The van der Waals surface area contributed by atoms with E-state index in [4.69, 9.17) is 10.8 Å². The first-order chi connectivity index (χ1) is 10.9. The van der Waals surface area contributed by atoms with Crippen molar-refractivity contribution < 1.29 is 15.0 Å². The average molecular weight is 309 g/mol. The smallest absolute Gasteiger partial charge is 0.339 e. The summed E-state index contributed by atoms with van der Waals surface area (Å²) in [5, 5.41) is 19.8. The number of hydrogen-bond donors (Lipinski definition) is 3. The lowest BCUT2D eigenvalue weighted by atomic mass is 10.1. The Kier molecular flexibility index (Phi) is 4.86. The summed E-state index contributed by atoms with van der Waals surface area (Å²) in [5.41, 5.74) is 8.83. The molecule has 0 aromatic heterocycles. The second kappa shape index (κ2) is 6.83. The van der Waals surface area contributed by atoms with Gasteiger partial charge in [0.1, 0.15) is 11.3 Å². The molecular weight excluding hydrogens is 290 g/mol. The van der Waals surface area contributed by atoms with Crippen molar-refractivity contribution in [1.82, 2.24) is 0 Å². The molecule has 0 spiro atoms. The number of aromatic carboxylic acids is 1. The molecule has 0 saturated heterocycles. The van der Waals surface area contributed by atoms with Gasteiger partial charge >= 0.3 is 5.97 Å². The molecule has 0 fully saturated rings.